The summed E-state index contributed by atoms with van der Waals surface area (Å²) in [5.74, 6) is -9.29. The summed E-state index contributed by atoms with van der Waals surface area (Å²) in [5.41, 5.74) is -1.13. The molecule has 7 rings (SSSR count). The van der Waals surface area contributed by atoms with Crippen LogP contribution in [0.25, 0.3) is 0 Å². The summed E-state index contributed by atoms with van der Waals surface area (Å²) in [6.07, 6.45) is 0. The maximum Gasteiger partial charge on any atom is 0.334 e. The second kappa shape index (κ2) is 9.87. The van der Waals surface area contributed by atoms with Crippen molar-refractivity contribution in [2.24, 2.45) is 45.3 Å². The van der Waals surface area contributed by atoms with Crippen LogP contribution in [0.2, 0.25) is 0 Å². The summed E-state index contributed by atoms with van der Waals surface area (Å²) in [6, 6.07) is 9.63. The molecule has 2 saturated heterocycles. The Morgan fingerprint density at radius 1 is 0.733 bits per heavy atom. The lowest BCUT2D eigenvalue weighted by molar-refractivity contribution is -0.155. The van der Waals surface area contributed by atoms with E-state index in [0.717, 1.165) is 34.1 Å². The van der Waals surface area contributed by atoms with Crippen LogP contribution in [-0.2, 0) is 48.8 Å². The van der Waals surface area contributed by atoms with Gasteiger partial charge in [-0.2, -0.15) is 0 Å². The Bertz CT molecular complexity index is 1850. The second-order valence-corrected chi connectivity index (χ2v) is 14.8. The number of anilines is 2. The third kappa shape index (κ3) is 4.16. The molecule has 1 saturated carbocycles. The van der Waals surface area contributed by atoms with Crippen molar-refractivity contribution in [3.05, 3.63) is 59.7 Å². The Kier molecular flexibility index (Phi) is 6.75. The summed E-state index contributed by atoms with van der Waals surface area (Å²) in [6.45, 7) is 4.69. The first-order valence-corrected chi connectivity index (χ1v) is 16.9. The Balaban J connectivity index is 1.49. The fraction of sp³-hybridized carbons (Fsp3) is 0.345. The lowest BCUT2D eigenvalue weighted by atomic mass is 9.43. The Labute approximate surface area is 258 Å². The molecular formula is C29H28N4O10S2. The first kappa shape index (κ1) is 30.8. The van der Waals surface area contributed by atoms with Crippen LogP contribution < -0.4 is 20.1 Å². The van der Waals surface area contributed by atoms with Crippen molar-refractivity contribution in [2.45, 2.75) is 30.6 Å². The van der Waals surface area contributed by atoms with E-state index >= 15 is 0 Å². The lowest BCUT2D eigenvalue weighted by Gasteiger charge is -2.55. The number of rotatable bonds is 6. The van der Waals surface area contributed by atoms with Crippen molar-refractivity contribution in [1.29, 1.82) is 0 Å². The summed E-state index contributed by atoms with van der Waals surface area (Å²) in [4.78, 5) is 71.5. The van der Waals surface area contributed by atoms with Gasteiger partial charge in [-0.25, -0.2) is 31.9 Å². The summed E-state index contributed by atoms with van der Waals surface area (Å²) >= 11 is 0. The highest BCUT2D eigenvalue weighted by Crippen LogP contribution is 2.68. The van der Waals surface area contributed by atoms with E-state index in [2.05, 4.69) is 0 Å². The van der Waals surface area contributed by atoms with Gasteiger partial charge in [0.15, 0.2) is 0 Å². The van der Waals surface area contributed by atoms with Crippen molar-refractivity contribution < 1.29 is 45.5 Å². The van der Waals surface area contributed by atoms with E-state index in [9.17, 15) is 40.8 Å². The molecule has 5 aliphatic rings. The zero-order chi connectivity index (χ0) is 33.0. The van der Waals surface area contributed by atoms with Crippen LogP contribution in [0.3, 0.4) is 0 Å². The fourth-order valence-electron chi connectivity index (χ4n) is 7.89. The molecule has 4 amide bonds. The van der Waals surface area contributed by atoms with Gasteiger partial charge in [0.2, 0.25) is 43.7 Å². The minimum absolute atomic E-state index is 0.0106. The minimum atomic E-state index is -4.06. The third-order valence-corrected chi connectivity index (χ3v) is 11.4. The van der Waals surface area contributed by atoms with Crippen LogP contribution in [0.1, 0.15) is 20.8 Å². The highest BCUT2D eigenvalue weighted by Gasteiger charge is 2.77. The molecule has 0 spiro atoms. The smallest absolute Gasteiger partial charge is 0.334 e. The fourth-order valence-corrected chi connectivity index (χ4v) is 8.92. The first-order chi connectivity index (χ1) is 21.0. The molecule has 14 nitrogen and oxygen atoms in total. The maximum absolute atomic E-state index is 14.2. The van der Waals surface area contributed by atoms with Gasteiger partial charge < -0.3 is 4.74 Å². The highest BCUT2D eigenvalue weighted by atomic mass is 32.2. The van der Waals surface area contributed by atoms with Crippen molar-refractivity contribution in [3.63, 3.8) is 0 Å². The SMILES string of the molecule is CCOC(=O)C1=C(C)C2[C@H]3C(=O)N(c4ccc(S(N)(=O)=O)cc4)C(=O)[C@@H]3C1(C)[C@H]1C(=O)N(c3ccc(S(N)(=O)=O)cc3)C(=O)[C@H]21. The predicted octanol–water partition coefficient (Wildman–Crippen LogP) is 0.422. The number of benzene rings is 2. The van der Waals surface area contributed by atoms with Gasteiger partial charge >= 0.3 is 5.97 Å². The van der Waals surface area contributed by atoms with E-state index in [4.69, 9.17) is 15.0 Å². The number of nitrogens with zero attached hydrogens (tertiary/aromatic N) is 2. The topological polar surface area (TPSA) is 221 Å². The average Bonchev–Trinajstić information content (AvgIpc) is 3.38. The minimum Gasteiger partial charge on any atom is -0.463 e. The Morgan fingerprint density at radius 2 is 1.11 bits per heavy atom. The lowest BCUT2D eigenvalue weighted by Crippen LogP contribution is -2.61. The van der Waals surface area contributed by atoms with Crippen molar-refractivity contribution in [1.82, 2.24) is 0 Å². The number of hydrogen-bond acceptors (Lipinski definition) is 10. The van der Waals surface area contributed by atoms with Crippen LogP contribution in [0.5, 0.6) is 0 Å². The molecule has 0 unspecified atom stereocenters. The van der Waals surface area contributed by atoms with Crippen LogP contribution >= 0.6 is 0 Å². The van der Waals surface area contributed by atoms with Gasteiger partial charge in [0.1, 0.15) is 0 Å². The number of carbonyl (C=O) groups is 5. The zero-order valence-corrected chi connectivity index (χ0v) is 25.8. The molecule has 0 radical (unpaired) electrons. The zero-order valence-electron chi connectivity index (χ0n) is 24.2. The molecule has 4 atom stereocenters. The number of ether oxygens (including phenoxy) is 1. The van der Waals surface area contributed by atoms with Crippen LogP contribution in [0, 0.1) is 35.0 Å². The molecule has 0 aromatic heterocycles. The van der Waals surface area contributed by atoms with Gasteiger partial charge in [0.05, 0.1) is 51.4 Å². The first-order valence-electron chi connectivity index (χ1n) is 13.9. The van der Waals surface area contributed by atoms with Crippen LogP contribution in [-0.4, -0.2) is 53.0 Å². The average molecular weight is 657 g/mol. The molecule has 16 heteroatoms. The highest BCUT2D eigenvalue weighted by molar-refractivity contribution is 7.89. The van der Waals surface area contributed by atoms with E-state index in [0.29, 0.717) is 5.57 Å². The normalized spacial score (nSPS) is 29.4. The molecule has 2 aliphatic heterocycles. The number of carbonyl (C=O) groups excluding carboxylic acids is 5. The predicted molar refractivity (Wildman–Crippen MR) is 156 cm³/mol. The van der Waals surface area contributed by atoms with Crippen molar-refractivity contribution in [2.75, 3.05) is 16.4 Å². The number of sulfonamides is 2. The van der Waals surface area contributed by atoms with Gasteiger partial charge in [0, 0.05) is 16.9 Å². The van der Waals surface area contributed by atoms with E-state index in [1.165, 1.54) is 31.2 Å². The number of esters is 1. The van der Waals surface area contributed by atoms with Crippen molar-refractivity contribution >= 4 is 61.0 Å². The molecule has 3 fully saturated rings. The van der Waals surface area contributed by atoms with Gasteiger partial charge in [-0.15, -0.1) is 0 Å². The van der Waals surface area contributed by atoms with Gasteiger partial charge in [-0.1, -0.05) is 12.5 Å². The number of amides is 4. The standard InChI is InChI=1S/C29H28N4O10S2/c1-4-43-28(38)21-13(2)18-19-22(26(36)32(24(19)34)14-5-9-16(10-6-14)44(30,39)40)29(21,3)23-20(18)25(35)33(27(23)37)15-7-11-17(12-8-15)45(31,41)42/h5-12,18-20,22-23H,4H2,1-3H3,(H2,30,39,40)(H2,31,41,42)/t18?,19-,20-,22-,23-,29?/m1/s1. The number of primary sulfonamides is 2. The van der Waals surface area contributed by atoms with E-state index in [1.807, 2.05) is 0 Å². The molecule has 2 bridgehead atoms. The molecule has 4 N–H and O–H groups in total. The molecule has 45 heavy (non-hydrogen) atoms. The van der Waals surface area contributed by atoms with E-state index in [1.54, 1.807) is 13.8 Å². The number of hydrogen-bond donors (Lipinski definition) is 2. The monoisotopic (exact) mass is 656 g/mol. The maximum atomic E-state index is 14.2. The van der Waals surface area contributed by atoms with E-state index < -0.39 is 84.6 Å². The van der Waals surface area contributed by atoms with Gasteiger partial charge in [0.25, 0.3) is 0 Å². The van der Waals surface area contributed by atoms with Crippen LogP contribution in [0.15, 0.2) is 69.5 Å². The molecule has 2 heterocycles. The van der Waals surface area contributed by atoms with E-state index in [-0.39, 0.29) is 33.3 Å². The molecule has 2 aromatic rings. The van der Waals surface area contributed by atoms with Gasteiger partial charge in [-0.3, -0.25) is 29.0 Å². The third-order valence-electron chi connectivity index (χ3n) is 9.53. The summed E-state index contributed by atoms with van der Waals surface area (Å²) in [5, 5.41) is 10.4. The molecular weight excluding hydrogens is 628 g/mol. The summed E-state index contributed by atoms with van der Waals surface area (Å²) < 4.78 is 52.4. The van der Waals surface area contributed by atoms with Crippen LogP contribution in [0.4, 0.5) is 11.4 Å². The number of nitrogens with two attached hydrogens (primary N) is 2. The number of imide groups is 2. The van der Waals surface area contributed by atoms with Crippen molar-refractivity contribution in [3.8, 4) is 0 Å². The quantitative estimate of drug-likeness (QED) is 0.322. The molecule has 3 aliphatic carbocycles. The number of allylic oxidation sites excluding steroid dienone is 1. The molecule has 236 valence electrons. The van der Waals surface area contributed by atoms with Gasteiger partial charge in [-0.05, 0) is 62.4 Å². The summed E-state index contributed by atoms with van der Waals surface area (Å²) in [7, 11) is -8.12. The molecule has 2 aromatic carbocycles. The Hall–Kier alpha value is -4.25. The Morgan fingerprint density at radius 3 is 1.44 bits per heavy atom. The second-order valence-electron chi connectivity index (χ2n) is 11.7. The largest absolute Gasteiger partial charge is 0.463 e.